The summed E-state index contributed by atoms with van der Waals surface area (Å²) in [5, 5.41) is 7.08. The summed E-state index contributed by atoms with van der Waals surface area (Å²) in [5.41, 5.74) is 0.968. The predicted molar refractivity (Wildman–Crippen MR) is 80.6 cm³/mol. The number of anilines is 1. The molecule has 1 N–H and O–H groups in total. The zero-order valence-electron chi connectivity index (χ0n) is 12.8. The molecule has 2 aromatic heterocycles. The molecule has 0 saturated carbocycles. The Bertz CT molecular complexity index is 669. The molecule has 0 aliphatic heterocycles. The Hall–Kier alpha value is -2.37. The van der Waals surface area contributed by atoms with Crippen LogP contribution in [0, 0.1) is 0 Å². The lowest BCUT2D eigenvalue weighted by Crippen LogP contribution is -2.19. The van der Waals surface area contributed by atoms with E-state index in [0.717, 1.165) is 6.42 Å². The normalized spacial score (nSPS) is 12.2. The van der Waals surface area contributed by atoms with Crippen LogP contribution in [-0.2, 0) is 7.05 Å². The molecule has 0 aliphatic carbocycles. The number of carbonyl (C=O) groups excluding carboxylic acids is 2. The number of hydrogen-bond donors (Lipinski definition) is 1. The summed E-state index contributed by atoms with van der Waals surface area (Å²) in [6.07, 6.45) is 4.24. The summed E-state index contributed by atoms with van der Waals surface area (Å²) in [6.45, 7) is 5.59. The van der Waals surface area contributed by atoms with E-state index in [4.69, 9.17) is 0 Å². The molecule has 2 rings (SSSR count). The van der Waals surface area contributed by atoms with Crippen molar-refractivity contribution >= 4 is 17.5 Å². The maximum atomic E-state index is 12.3. The molecule has 0 aromatic carbocycles. The van der Waals surface area contributed by atoms with Gasteiger partial charge in [-0.15, -0.1) is 0 Å². The molecule has 6 heteroatoms. The van der Waals surface area contributed by atoms with E-state index in [9.17, 15) is 9.59 Å². The maximum absolute atomic E-state index is 12.3. The summed E-state index contributed by atoms with van der Waals surface area (Å²) in [7, 11) is 1.74. The van der Waals surface area contributed by atoms with Crippen LogP contribution in [0.15, 0.2) is 24.5 Å². The Morgan fingerprint density at radius 1 is 1.43 bits per heavy atom. The molecule has 1 unspecified atom stereocenters. The van der Waals surface area contributed by atoms with E-state index in [1.165, 1.54) is 6.92 Å². The van der Waals surface area contributed by atoms with Crippen molar-refractivity contribution < 1.29 is 9.59 Å². The number of rotatable bonds is 5. The Kier molecular flexibility index (Phi) is 4.26. The maximum Gasteiger partial charge on any atom is 0.273 e. The molecule has 0 bridgehead atoms. The molecule has 0 radical (unpaired) electrons. The van der Waals surface area contributed by atoms with Crippen molar-refractivity contribution in [2.24, 2.45) is 7.05 Å². The first-order valence-corrected chi connectivity index (χ1v) is 6.96. The highest BCUT2D eigenvalue weighted by Gasteiger charge is 2.16. The zero-order valence-corrected chi connectivity index (χ0v) is 12.8. The van der Waals surface area contributed by atoms with Gasteiger partial charge < -0.3 is 9.88 Å². The SMILES string of the molecule is CCC(C)n1nccc1NC(=O)c1cc(C(C)=O)cn1C. The number of aryl methyl sites for hydroxylation is 1. The Labute approximate surface area is 123 Å². The molecular weight excluding hydrogens is 268 g/mol. The highest BCUT2D eigenvalue weighted by Crippen LogP contribution is 2.18. The van der Waals surface area contributed by atoms with Gasteiger partial charge in [0.25, 0.3) is 5.91 Å². The van der Waals surface area contributed by atoms with Crippen LogP contribution in [-0.4, -0.2) is 26.0 Å². The third-order valence-corrected chi connectivity index (χ3v) is 3.56. The van der Waals surface area contributed by atoms with Crippen molar-refractivity contribution in [1.29, 1.82) is 0 Å². The zero-order chi connectivity index (χ0) is 15.6. The number of hydrogen-bond acceptors (Lipinski definition) is 3. The predicted octanol–water partition coefficient (Wildman–Crippen LogP) is 2.65. The number of carbonyl (C=O) groups is 2. The van der Waals surface area contributed by atoms with Gasteiger partial charge in [0, 0.05) is 24.9 Å². The van der Waals surface area contributed by atoms with E-state index in [2.05, 4.69) is 17.3 Å². The fourth-order valence-electron chi connectivity index (χ4n) is 2.10. The summed E-state index contributed by atoms with van der Waals surface area (Å²) < 4.78 is 3.43. The van der Waals surface area contributed by atoms with Gasteiger partial charge in [0.05, 0.1) is 12.2 Å². The molecule has 6 nitrogen and oxygen atoms in total. The van der Waals surface area contributed by atoms with Crippen LogP contribution in [0.1, 0.15) is 54.1 Å². The van der Waals surface area contributed by atoms with Crippen LogP contribution in [0.3, 0.4) is 0 Å². The number of nitrogens with one attached hydrogen (secondary N) is 1. The summed E-state index contributed by atoms with van der Waals surface area (Å²) >= 11 is 0. The number of nitrogens with zero attached hydrogens (tertiary/aromatic N) is 3. The number of amides is 1. The van der Waals surface area contributed by atoms with E-state index >= 15 is 0 Å². The summed E-state index contributed by atoms with van der Waals surface area (Å²) in [4.78, 5) is 23.7. The van der Waals surface area contributed by atoms with Crippen LogP contribution < -0.4 is 5.32 Å². The van der Waals surface area contributed by atoms with Crippen LogP contribution in [0.2, 0.25) is 0 Å². The largest absolute Gasteiger partial charge is 0.346 e. The van der Waals surface area contributed by atoms with Crippen molar-refractivity contribution in [3.05, 3.63) is 35.8 Å². The minimum Gasteiger partial charge on any atom is -0.346 e. The first-order valence-electron chi connectivity index (χ1n) is 6.96. The fraction of sp³-hybridized carbons (Fsp3) is 0.400. The second-order valence-electron chi connectivity index (χ2n) is 5.15. The van der Waals surface area contributed by atoms with E-state index in [-0.39, 0.29) is 17.7 Å². The third-order valence-electron chi connectivity index (χ3n) is 3.56. The van der Waals surface area contributed by atoms with Gasteiger partial charge in [-0.05, 0) is 26.3 Å². The highest BCUT2D eigenvalue weighted by atomic mass is 16.2. The van der Waals surface area contributed by atoms with E-state index < -0.39 is 0 Å². The molecule has 1 atom stereocenters. The van der Waals surface area contributed by atoms with E-state index in [1.807, 2.05) is 6.92 Å². The molecule has 0 saturated heterocycles. The van der Waals surface area contributed by atoms with Crippen LogP contribution in [0.5, 0.6) is 0 Å². The second-order valence-corrected chi connectivity index (χ2v) is 5.15. The lowest BCUT2D eigenvalue weighted by Gasteiger charge is -2.14. The molecule has 21 heavy (non-hydrogen) atoms. The first kappa shape index (κ1) is 15.0. The summed E-state index contributed by atoms with van der Waals surface area (Å²) in [6, 6.07) is 3.57. The quantitative estimate of drug-likeness (QED) is 0.860. The smallest absolute Gasteiger partial charge is 0.273 e. The molecule has 1 amide bonds. The van der Waals surface area contributed by atoms with Crippen molar-refractivity contribution in [2.75, 3.05) is 5.32 Å². The second kappa shape index (κ2) is 5.95. The van der Waals surface area contributed by atoms with Crippen molar-refractivity contribution in [1.82, 2.24) is 14.3 Å². The number of Topliss-reactive ketones (excluding diaryl/α,β-unsaturated/α-hetero) is 1. The van der Waals surface area contributed by atoms with Crippen molar-refractivity contribution in [3.8, 4) is 0 Å². The standard InChI is InChI=1S/C15H20N4O2/c1-5-10(2)19-14(6-7-16-19)17-15(21)13-8-12(11(3)20)9-18(13)4/h6-10H,5H2,1-4H3,(H,17,21). The van der Waals surface area contributed by atoms with Crippen LogP contribution in [0.4, 0.5) is 5.82 Å². The van der Waals surface area contributed by atoms with Crippen LogP contribution >= 0.6 is 0 Å². The van der Waals surface area contributed by atoms with Crippen LogP contribution in [0.25, 0.3) is 0 Å². The van der Waals surface area contributed by atoms with Gasteiger partial charge in [-0.25, -0.2) is 4.68 Å². The average Bonchev–Trinajstić information content (AvgIpc) is 3.04. The fourth-order valence-corrected chi connectivity index (χ4v) is 2.10. The molecule has 2 heterocycles. The number of ketones is 1. The van der Waals surface area contributed by atoms with Crippen molar-refractivity contribution in [2.45, 2.75) is 33.2 Å². The van der Waals surface area contributed by atoms with Gasteiger partial charge in [-0.1, -0.05) is 6.92 Å². The molecule has 2 aromatic rings. The topological polar surface area (TPSA) is 68.9 Å². The molecule has 0 fully saturated rings. The van der Waals surface area contributed by atoms with Gasteiger partial charge in [-0.2, -0.15) is 5.10 Å². The average molecular weight is 288 g/mol. The number of aromatic nitrogens is 3. The van der Waals surface area contributed by atoms with Gasteiger partial charge in [0.1, 0.15) is 11.5 Å². The van der Waals surface area contributed by atoms with Gasteiger partial charge in [0.2, 0.25) is 0 Å². The third kappa shape index (κ3) is 3.04. The molecular formula is C15H20N4O2. The Morgan fingerprint density at radius 3 is 2.71 bits per heavy atom. The molecule has 112 valence electrons. The summed E-state index contributed by atoms with van der Waals surface area (Å²) in [5.74, 6) is 0.337. The minimum atomic E-state index is -0.255. The highest BCUT2D eigenvalue weighted by molar-refractivity contribution is 6.05. The Morgan fingerprint density at radius 2 is 2.14 bits per heavy atom. The lowest BCUT2D eigenvalue weighted by atomic mass is 10.2. The minimum absolute atomic E-state index is 0.0608. The molecule has 0 spiro atoms. The Balaban J connectivity index is 2.23. The monoisotopic (exact) mass is 288 g/mol. The van der Waals surface area contributed by atoms with E-state index in [1.54, 1.807) is 40.8 Å². The van der Waals surface area contributed by atoms with E-state index in [0.29, 0.717) is 17.1 Å². The van der Waals surface area contributed by atoms with Crippen molar-refractivity contribution in [3.63, 3.8) is 0 Å². The lowest BCUT2D eigenvalue weighted by molar-refractivity contribution is 0.101. The first-order chi connectivity index (χ1) is 9.93. The van der Waals surface area contributed by atoms with Gasteiger partial charge >= 0.3 is 0 Å². The van der Waals surface area contributed by atoms with Gasteiger partial charge in [-0.3, -0.25) is 9.59 Å². The molecule has 0 aliphatic rings. The van der Waals surface area contributed by atoms with Gasteiger partial charge in [0.15, 0.2) is 5.78 Å².